The molecule has 0 aliphatic rings. The van der Waals surface area contributed by atoms with Crippen LogP contribution in [0.2, 0.25) is 10.0 Å². The Bertz CT molecular complexity index is 557. The van der Waals surface area contributed by atoms with Gasteiger partial charge in [-0.25, -0.2) is 0 Å². The third kappa shape index (κ3) is 4.18. The Hall–Kier alpha value is -0.610. The van der Waals surface area contributed by atoms with Crippen molar-refractivity contribution in [3.05, 3.63) is 62.3 Å². The van der Waals surface area contributed by atoms with Gasteiger partial charge in [0.1, 0.15) is 0 Å². The van der Waals surface area contributed by atoms with E-state index in [1.165, 1.54) is 0 Å². The molecule has 2 rings (SSSR count). The topological polar surface area (TPSA) is 33.1 Å². The summed E-state index contributed by atoms with van der Waals surface area (Å²) >= 11 is 15.5. The number of aliphatic hydroxyl groups is 1. The predicted octanol–water partition coefficient (Wildman–Crippen LogP) is 4.30. The van der Waals surface area contributed by atoms with Crippen LogP contribution in [-0.2, 0) is 12.8 Å². The van der Waals surface area contributed by atoms with Crippen molar-refractivity contribution in [1.82, 2.24) is 4.98 Å². The van der Waals surface area contributed by atoms with Gasteiger partial charge in [0.2, 0.25) is 0 Å². The quantitative estimate of drug-likeness (QED) is 0.881. The normalized spacial score (nSPS) is 12.4. The summed E-state index contributed by atoms with van der Waals surface area (Å²) in [5.41, 5.74) is 1.74. The summed E-state index contributed by atoms with van der Waals surface area (Å²) in [5.74, 6) is 0. The molecule has 0 fully saturated rings. The first-order valence-electron chi connectivity index (χ1n) is 5.76. The zero-order valence-corrected chi connectivity index (χ0v) is 13.1. The van der Waals surface area contributed by atoms with Gasteiger partial charge in [0.05, 0.1) is 6.10 Å². The average Bonchev–Trinajstić information content (AvgIpc) is 2.34. The summed E-state index contributed by atoms with van der Waals surface area (Å²) in [4.78, 5) is 4.07. The zero-order valence-electron chi connectivity index (χ0n) is 9.98. The number of halogens is 3. The number of rotatable bonds is 4. The van der Waals surface area contributed by atoms with E-state index >= 15 is 0 Å². The van der Waals surface area contributed by atoms with E-state index < -0.39 is 6.10 Å². The monoisotopic (exact) mass is 359 g/mol. The fraction of sp³-hybridized carbons (Fsp3) is 0.214. The van der Waals surface area contributed by atoms with Gasteiger partial charge in [-0.3, -0.25) is 4.98 Å². The second-order valence-electron chi connectivity index (χ2n) is 4.27. The van der Waals surface area contributed by atoms with Gasteiger partial charge in [0, 0.05) is 39.8 Å². The first-order chi connectivity index (χ1) is 9.06. The number of pyridine rings is 1. The largest absolute Gasteiger partial charge is 0.392 e. The molecule has 1 heterocycles. The van der Waals surface area contributed by atoms with Crippen molar-refractivity contribution in [2.45, 2.75) is 18.9 Å². The number of benzene rings is 1. The Morgan fingerprint density at radius 1 is 1.16 bits per heavy atom. The molecule has 0 radical (unpaired) electrons. The smallest absolute Gasteiger partial charge is 0.0622 e. The molecule has 1 unspecified atom stereocenters. The van der Waals surface area contributed by atoms with Crippen LogP contribution in [0.4, 0.5) is 0 Å². The lowest BCUT2D eigenvalue weighted by atomic mass is 10.0. The maximum Gasteiger partial charge on any atom is 0.0622 e. The van der Waals surface area contributed by atoms with Crippen LogP contribution in [0, 0.1) is 0 Å². The van der Waals surface area contributed by atoms with E-state index in [1.807, 2.05) is 6.07 Å². The maximum absolute atomic E-state index is 10.1. The Balaban J connectivity index is 2.07. The van der Waals surface area contributed by atoms with Crippen LogP contribution in [-0.4, -0.2) is 16.2 Å². The Morgan fingerprint density at radius 3 is 2.47 bits per heavy atom. The maximum atomic E-state index is 10.1. The summed E-state index contributed by atoms with van der Waals surface area (Å²) in [7, 11) is 0. The molecule has 0 amide bonds. The van der Waals surface area contributed by atoms with Gasteiger partial charge in [-0.2, -0.15) is 0 Å². The van der Waals surface area contributed by atoms with Crippen molar-refractivity contribution in [3.63, 3.8) is 0 Å². The van der Waals surface area contributed by atoms with Gasteiger partial charge >= 0.3 is 0 Å². The molecule has 5 heteroatoms. The molecule has 1 aromatic heterocycles. The van der Waals surface area contributed by atoms with Gasteiger partial charge in [-0.1, -0.05) is 29.3 Å². The standard InChI is InChI=1S/C14H12BrCl2NO/c15-10-4-9(7-18-8-10)5-11(19)6-12-13(16)2-1-3-14(12)17/h1-4,7-8,11,19H,5-6H2. The van der Waals surface area contributed by atoms with E-state index in [9.17, 15) is 5.11 Å². The molecule has 0 spiro atoms. The molecule has 1 atom stereocenters. The Morgan fingerprint density at radius 2 is 1.84 bits per heavy atom. The van der Waals surface area contributed by atoms with Crippen molar-refractivity contribution in [1.29, 1.82) is 0 Å². The summed E-state index contributed by atoms with van der Waals surface area (Å²) in [6, 6.07) is 7.27. The Labute approximate surface area is 130 Å². The molecule has 0 bridgehead atoms. The van der Waals surface area contributed by atoms with E-state index in [2.05, 4.69) is 20.9 Å². The molecule has 0 aliphatic carbocycles. The van der Waals surface area contributed by atoms with Crippen LogP contribution in [0.25, 0.3) is 0 Å². The number of nitrogens with zero attached hydrogens (tertiary/aromatic N) is 1. The number of hydrogen-bond acceptors (Lipinski definition) is 2. The van der Waals surface area contributed by atoms with E-state index in [-0.39, 0.29) is 0 Å². The van der Waals surface area contributed by atoms with Gasteiger partial charge in [0.15, 0.2) is 0 Å². The summed E-state index contributed by atoms with van der Waals surface area (Å²) in [5, 5.41) is 11.3. The zero-order chi connectivity index (χ0) is 13.8. The molecule has 19 heavy (non-hydrogen) atoms. The van der Waals surface area contributed by atoms with Crippen molar-refractivity contribution in [2.24, 2.45) is 0 Å². The number of aromatic nitrogens is 1. The molecule has 2 nitrogen and oxygen atoms in total. The van der Waals surface area contributed by atoms with Crippen LogP contribution in [0.5, 0.6) is 0 Å². The lowest BCUT2D eigenvalue weighted by molar-refractivity contribution is 0.175. The predicted molar refractivity (Wildman–Crippen MR) is 81.8 cm³/mol. The van der Waals surface area contributed by atoms with Crippen LogP contribution in [0.15, 0.2) is 41.1 Å². The lowest BCUT2D eigenvalue weighted by Crippen LogP contribution is -2.14. The lowest BCUT2D eigenvalue weighted by Gasteiger charge is -2.13. The second-order valence-corrected chi connectivity index (χ2v) is 6.00. The number of hydrogen-bond donors (Lipinski definition) is 1. The average molecular weight is 361 g/mol. The minimum atomic E-state index is -0.548. The van der Waals surface area contributed by atoms with Crippen molar-refractivity contribution in [3.8, 4) is 0 Å². The molecule has 1 aromatic carbocycles. The highest BCUT2D eigenvalue weighted by Gasteiger charge is 2.12. The third-order valence-electron chi connectivity index (χ3n) is 2.73. The molecule has 0 saturated heterocycles. The van der Waals surface area contributed by atoms with Crippen molar-refractivity contribution >= 4 is 39.1 Å². The molecule has 1 N–H and O–H groups in total. The van der Waals surface area contributed by atoms with Gasteiger partial charge in [-0.05, 0) is 45.3 Å². The van der Waals surface area contributed by atoms with E-state index in [0.717, 1.165) is 15.6 Å². The molecule has 100 valence electrons. The Kier molecular flexibility index (Phi) is 5.22. The van der Waals surface area contributed by atoms with E-state index in [0.29, 0.717) is 22.9 Å². The fourth-order valence-corrected chi connectivity index (χ4v) is 2.84. The van der Waals surface area contributed by atoms with Crippen LogP contribution in [0.1, 0.15) is 11.1 Å². The highest BCUT2D eigenvalue weighted by molar-refractivity contribution is 9.10. The highest BCUT2D eigenvalue weighted by atomic mass is 79.9. The van der Waals surface area contributed by atoms with Crippen molar-refractivity contribution in [2.75, 3.05) is 0 Å². The fourth-order valence-electron chi connectivity index (χ4n) is 1.87. The first kappa shape index (κ1) is 14.8. The van der Waals surface area contributed by atoms with Gasteiger partial charge in [-0.15, -0.1) is 0 Å². The van der Waals surface area contributed by atoms with Gasteiger partial charge in [0.25, 0.3) is 0 Å². The van der Waals surface area contributed by atoms with Gasteiger partial charge < -0.3 is 5.11 Å². The van der Waals surface area contributed by atoms with E-state index in [1.54, 1.807) is 30.6 Å². The number of aliphatic hydroxyl groups excluding tert-OH is 1. The van der Waals surface area contributed by atoms with E-state index in [4.69, 9.17) is 23.2 Å². The summed E-state index contributed by atoms with van der Waals surface area (Å²) in [6.45, 7) is 0. The third-order valence-corrected chi connectivity index (χ3v) is 3.88. The minimum Gasteiger partial charge on any atom is -0.392 e. The second kappa shape index (κ2) is 6.71. The molecule has 0 aliphatic heterocycles. The summed E-state index contributed by atoms with van der Waals surface area (Å²) in [6.07, 6.45) is 3.83. The van der Waals surface area contributed by atoms with Crippen LogP contribution < -0.4 is 0 Å². The van der Waals surface area contributed by atoms with Crippen LogP contribution in [0.3, 0.4) is 0 Å². The highest BCUT2D eigenvalue weighted by Crippen LogP contribution is 2.26. The molecular weight excluding hydrogens is 349 g/mol. The van der Waals surface area contributed by atoms with Crippen molar-refractivity contribution < 1.29 is 5.11 Å². The van der Waals surface area contributed by atoms with Crippen LogP contribution >= 0.6 is 39.1 Å². The molecule has 2 aromatic rings. The first-order valence-corrected chi connectivity index (χ1v) is 7.31. The minimum absolute atomic E-state index is 0.422. The SMILES string of the molecule is OC(Cc1cncc(Br)c1)Cc1c(Cl)cccc1Cl. The molecular formula is C14H12BrCl2NO. The summed E-state index contributed by atoms with van der Waals surface area (Å²) < 4.78 is 0.896. The molecule has 0 saturated carbocycles.